The van der Waals surface area contributed by atoms with Crippen molar-refractivity contribution >= 4 is 23.4 Å². The molecule has 1 N–H and O–H groups in total. The van der Waals surface area contributed by atoms with Crippen LogP contribution in [0.25, 0.3) is 0 Å². The molecule has 0 bridgehead atoms. The lowest BCUT2D eigenvalue weighted by atomic mass is 9.83. The molecule has 1 aromatic rings. The van der Waals surface area contributed by atoms with Crippen LogP contribution in [0, 0.1) is 11.8 Å². The van der Waals surface area contributed by atoms with E-state index in [4.69, 9.17) is 11.6 Å². The van der Waals surface area contributed by atoms with Crippen molar-refractivity contribution in [2.75, 3.05) is 33.2 Å². The minimum Gasteiger partial charge on any atom is -0.356 e. The number of halogens is 1. The van der Waals surface area contributed by atoms with Gasteiger partial charge in [0.1, 0.15) is 0 Å². The highest BCUT2D eigenvalue weighted by Crippen LogP contribution is 2.37. The van der Waals surface area contributed by atoms with E-state index < -0.39 is 0 Å². The van der Waals surface area contributed by atoms with E-state index in [1.54, 1.807) is 0 Å². The number of likely N-dealkylation sites (tertiary alicyclic amines) is 2. The van der Waals surface area contributed by atoms with Gasteiger partial charge in [0.05, 0.1) is 12.0 Å². The number of amides is 2. The van der Waals surface area contributed by atoms with E-state index in [0.717, 1.165) is 38.0 Å². The summed E-state index contributed by atoms with van der Waals surface area (Å²) < 4.78 is 0. The number of carbonyl (C=O) groups excluding carboxylic acids is 2. The van der Waals surface area contributed by atoms with Crippen molar-refractivity contribution in [3.63, 3.8) is 0 Å². The van der Waals surface area contributed by atoms with Crippen LogP contribution in [0.5, 0.6) is 0 Å². The summed E-state index contributed by atoms with van der Waals surface area (Å²) in [6, 6.07) is 7.31. The first-order valence-corrected chi connectivity index (χ1v) is 10.4. The lowest BCUT2D eigenvalue weighted by Gasteiger charge is -2.40. The number of benzene rings is 1. The van der Waals surface area contributed by atoms with Gasteiger partial charge in [0.2, 0.25) is 11.8 Å². The third kappa shape index (κ3) is 4.82. The monoisotopic (exact) mass is 391 g/mol. The predicted octanol–water partition coefficient (Wildman–Crippen LogP) is 3.10. The van der Waals surface area contributed by atoms with E-state index >= 15 is 0 Å². The van der Waals surface area contributed by atoms with Crippen molar-refractivity contribution in [1.82, 2.24) is 15.1 Å². The maximum Gasteiger partial charge on any atom is 0.225 e. The average Bonchev–Trinajstić information content (AvgIpc) is 2.67. The summed E-state index contributed by atoms with van der Waals surface area (Å²) in [6.07, 6.45) is 3.26. The Kier molecular flexibility index (Phi) is 6.77. The largest absolute Gasteiger partial charge is 0.356 e. The molecule has 2 heterocycles. The number of hydrogen-bond donors (Lipinski definition) is 1. The first-order chi connectivity index (χ1) is 13.0. The summed E-state index contributed by atoms with van der Waals surface area (Å²) in [5.74, 6) is 0.487. The Morgan fingerprint density at radius 3 is 2.67 bits per heavy atom. The fourth-order valence-corrected chi connectivity index (χ4v) is 4.54. The Labute approximate surface area is 167 Å². The maximum atomic E-state index is 13.0. The molecule has 2 aliphatic heterocycles. The van der Waals surface area contributed by atoms with E-state index in [9.17, 15) is 9.59 Å². The quantitative estimate of drug-likeness (QED) is 0.839. The molecule has 27 heavy (non-hydrogen) atoms. The molecule has 0 unspecified atom stereocenters. The Bertz CT molecular complexity index is 673. The SMILES string of the molecule is CCN1C(=O)CC[C@@H](C(=O)NCC2CCN(C)CC2)[C@@H]1c1cccc(Cl)c1. The summed E-state index contributed by atoms with van der Waals surface area (Å²) >= 11 is 6.19. The van der Waals surface area contributed by atoms with Gasteiger partial charge in [-0.15, -0.1) is 0 Å². The predicted molar refractivity (Wildman–Crippen MR) is 108 cm³/mol. The van der Waals surface area contributed by atoms with Crippen LogP contribution in [-0.4, -0.2) is 54.8 Å². The van der Waals surface area contributed by atoms with Gasteiger partial charge in [-0.25, -0.2) is 0 Å². The Balaban J connectivity index is 1.72. The van der Waals surface area contributed by atoms with Crippen LogP contribution in [0.2, 0.25) is 5.02 Å². The minimum absolute atomic E-state index is 0.0600. The topological polar surface area (TPSA) is 52.7 Å². The second-order valence-electron chi connectivity index (χ2n) is 7.82. The molecular weight excluding hydrogens is 362 g/mol. The lowest BCUT2D eigenvalue weighted by Crippen LogP contribution is -2.48. The second kappa shape index (κ2) is 9.07. The Hall–Kier alpha value is -1.59. The van der Waals surface area contributed by atoms with Crippen molar-refractivity contribution in [1.29, 1.82) is 0 Å². The molecule has 0 aliphatic carbocycles. The van der Waals surface area contributed by atoms with Crippen molar-refractivity contribution in [2.45, 2.75) is 38.6 Å². The molecule has 6 heteroatoms. The van der Waals surface area contributed by atoms with E-state index in [1.165, 1.54) is 0 Å². The van der Waals surface area contributed by atoms with Crippen molar-refractivity contribution in [3.8, 4) is 0 Å². The third-order valence-electron chi connectivity index (χ3n) is 5.98. The van der Waals surface area contributed by atoms with E-state index in [-0.39, 0.29) is 23.8 Å². The van der Waals surface area contributed by atoms with Crippen LogP contribution in [0.4, 0.5) is 0 Å². The van der Waals surface area contributed by atoms with Crippen LogP contribution < -0.4 is 5.32 Å². The molecule has 0 spiro atoms. The summed E-state index contributed by atoms with van der Waals surface area (Å²) in [6.45, 7) is 5.47. The van der Waals surface area contributed by atoms with Crippen LogP contribution in [0.15, 0.2) is 24.3 Å². The third-order valence-corrected chi connectivity index (χ3v) is 6.21. The fourth-order valence-electron chi connectivity index (χ4n) is 4.35. The first kappa shape index (κ1) is 20.2. The number of rotatable bonds is 5. The molecule has 2 amide bonds. The molecule has 2 saturated heterocycles. The van der Waals surface area contributed by atoms with Gasteiger partial charge in [0.15, 0.2) is 0 Å². The molecule has 0 saturated carbocycles. The summed E-state index contributed by atoms with van der Waals surface area (Å²) in [5.41, 5.74) is 0.942. The molecule has 148 valence electrons. The number of nitrogens with one attached hydrogen (secondary N) is 1. The zero-order valence-electron chi connectivity index (χ0n) is 16.3. The highest BCUT2D eigenvalue weighted by molar-refractivity contribution is 6.30. The molecule has 0 aromatic heterocycles. The standard InChI is InChI=1S/C21H30ClN3O2/c1-3-25-19(26)8-7-18(20(25)16-5-4-6-17(22)13-16)21(27)23-14-15-9-11-24(2)12-10-15/h4-6,13,15,18,20H,3,7-12,14H2,1-2H3,(H,23,27)/t18-,20+/m1/s1. The van der Waals surface area contributed by atoms with Crippen molar-refractivity contribution in [2.24, 2.45) is 11.8 Å². The average molecular weight is 392 g/mol. The highest BCUT2D eigenvalue weighted by Gasteiger charge is 2.40. The van der Waals surface area contributed by atoms with Crippen molar-refractivity contribution < 1.29 is 9.59 Å². The van der Waals surface area contributed by atoms with Gasteiger partial charge >= 0.3 is 0 Å². The Morgan fingerprint density at radius 1 is 1.26 bits per heavy atom. The van der Waals surface area contributed by atoms with Crippen LogP contribution in [-0.2, 0) is 9.59 Å². The van der Waals surface area contributed by atoms with Crippen LogP contribution in [0.3, 0.4) is 0 Å². The molecule has 2 fully saturated rings. The van der Waals surface area contributed by atoms with Gasteiger partial charge in [0, 0.05) is 24.5 Å². The number of nitrogens with zero attached hydrogens (tertiary/aromatic N) is 2. The number of carbonyl (C=O) groups is 2. The lowest BCUT2D eigenvalue weighted by molar-refractivity contribution is -0.143. The van der Waals surface area contributed by atoms with Gasteiger partial charge in [-0.1, -0.05) is 23.7 Å². The Morgan fingerprint density at radius 2 is 2.00 bits per heavy atom. The molecular formula is C21H30ClN3O2. The zero-order valence-corrected chi connectivity index (χ0v) is 17.0. The summed E-state index contributed by atoms with van der Waals surface area (Å²) in [5, 5.41) is 3.81. The number of hydrogen-bond acceptors (Lipinski definition) is 3. The maximum absolute atomic E-state index is 13.0. The smallest absolute Gasteiger partial charge is 0.225 e. The molecule has 1 aromatic carbocycles. The van der Waals surface area contributed by atoms with Gasteiger partial charge in [-0.2, -0.15) is 0 Å². The second-order valence-corrected chi connectivity index (χ2v) is 8.25. The molecule has 5 nitrogen and oxygen atoms in total. The van der Waals surface area contributed by atoms with E-state index in [2.05, 4.69) is 17.3 Å². The van der Waals surface area contributed by atoms with E-state index in [1.807, 2.05) is 36.1 Å². The van der Waals surface area contributed by atoms with Crippen LogP contribution in [0.1, 0.15) is 44.2 Å². The zero-order chi connectivity index (χ0) is 19.4. The minimum atomic E-state index is -0.243. The summed E-state index contributed by atoms with van der Waals surface area (Å²) in [4.78, 5) is 29.7. The van der Waals surface area contributed by atoms with Gasteiger partial charge in [-0.3, -0.25) is 9.59 Å². The van der Waals surface area contributed by atoms with Gasteiger partial charge < -0.3 is 15.1 Å². The normalized spacial score (nSPS) is 24.9. The van der Waals surface area contributed by atoms with E-state index in [0.29, 0.717) is 30.3 Å². The van der Waals surface area contributed by atoms with Crippen LogP contribution >= 0.6 is 11.6 Å². The fraction of sp³-hybridized carbons (Fsp3) is 0.619. The molecule has 2 aliphatic rings. The molecule has 3 rings (SSSR count). The van der Waals surface area contributed by atoms with Gasteiger partial charge in [-0.05, 0) is 69.9 Å². The van der Waals surface area contributed by atoms with Crippen molar-refractivity contribution in [3.05, 3.63) is 34.9 Å². The highest BCUT2D eigenvalue weighted by atomic mass is 35.5. The first-order valence-electron chi connectivity index (χ1n) is 10.0. The molecule has 0 radical (unpaired) electrons. The number of piperidine rings is 2. The van der Waals surface area contributed by atoms with Gasteiger partial charge in [0.25, 0.3) is 0 Å². The summed E-state index contributed by atoms with van der Waals surface area (Å²) in [7, 11) is 2.14. The molecule has 2 atom stereocenters.